The molecule has 1 unspecified atom stereocenters. The molecule has 0 spiro atoms. The van der Waals surface area contributed by atoms with Gasteiger partial charge in [0.15, 0.2) is 0 Å². The number of ether oxygens (including phenoxy) is 1. The maximum Gasteiger partial charge on any atom is 0.426 e. The standard InChI is InChI=1S/C17H18ClFN2O3/c18-15-10-14(19)8-6-13(15)7-9-16(22)20-21-17(23)24-11-12-4-2-1-3-5-12/h1-2,6-10,12H,3-5,11H2,(H,20,22)(H,21,23)/b9-7+. The first-order chi connectivity index (χ1) is 11.5. The van der Waals surface area contributed by atoms with E-state index in [2.05, 4.69) is 23.0 Å². The number of rotatable bonds is 4. The molecule has 1 atom stereocenters. The Kier molecular flexibility index (Phi) is 6.81. The molecular formula is C17H18ClFN2O3. The Morgan fingerprint density at radius 2 is 2.17 bits per heavy atom. The third-order valence-corrected chi connectivity index (χ3v) is 3.82. The molecule has 1 aliphatic carbocycles. The number of benzene rings is 1. The van der Waals surface area contributed by atoms with Crippen molar-refractivity contribution < 1.29 is 18.7 Å². The van der Waals surface area contributed by atoms with Crippen molar-refractivity contribution in [1.82, 2.24) is 10.9 Å². The van der Waals surface area contributed by atoms with E-state index in [0.717, 1.165) is 25.3 Å². The molecule has 0 heterocycles. The highest BCUT2D eigenvalue weighted by Gasteiger charge is 2.12. The van der Waals surface area contributed by atoms with Crippen molar-refractivity contribution in [2.45, 2.75) is 19.3 Å². The molecule has 5 nitrogen and oxygen atoms in total. The van der Waals surface area contributed by atoms with Gasteiger partial charge in [-0.1, -0.05) is 29.8 Å². The lowest BCUT2D eigenvalue weighted by Gasteiger charge is -2.17. The average molecular weight is 353 g/mol. The highest BCUT2D eigenvalue weighted by molar-refractivity contribution is 6.32. The molecule has 1 aromatic carbocycles. The molecule has 7 heteroatoms. The third-order valence-electron chi connectivity index (χ3n) is 3.49. The van der Waals surface area contributed by atoms with Crippen molar-refractivity contribution in [3.8, 4) is 0 Å². The van der Waals surface area contributed by atoms with Crippen LogP contribution in [-0.4, -0.2) is 18.6 Å². The summed E-state index contributed by atoms with van der Waals surface area (Å²) in [4.78, 5) is 23.1. The van der Waals surface area contributed by atoms with Crippen LogP contribution in [0.5, 0.6) is 0 Å². The van der Waals surface area contributed by atoms with Gasteiger partial charge in [-0.25, -0.2) is 14.6 Å². The zero-order chi connectivity index (χ0) is 17.4. The number of halogens is 2. The topological polar surface area (TPSA) is 67.4 Å². The van der Waals surface area contributed by atoms with Gasteiger partial charge in [0.05, 0.1) is 11.6 Å². The minimum absolute atomic E-state index is 0.188. The van der Waals surface area contributed by atoms with Gasteiger partial charge in [-0.2, -0.15) is 0 Å². The predicted octanol–water partition coefficient (Wildman–Crippen LogP) is 3.61. The first kappa shape index (κ1) is 18.0. The second kappa shape index (κ2) is 9.08. The zero-order valence-electron chi connectivity index (χ0n) is 12.9. The largest absolute Gasteiger partial charge is 0.448 e. The first-order valence-electron chi connectivity index (χ1n) is 7.55. The Balaban J connectivity index is 1.71. The molecule has 2 rings (SSSR count). The van der Waals surface area contributed by atoms with Crippen molar-refractivity contribution >= 4 is 29.7 Å². The fraction of sp³-hybridized carbons (Fsp3) is 0.294. The number of hydrazine groups is 1. The van der Waals surface area contributed by atoms with Crippen molar-refractivity contribution in [2.75, 3.05) is 6.61 Å². The summed E-state index contributed by atoms with van der Waals surface area (Å²) in [5.41, 5.74) is 4.84. The van der Waals surface area contributed by atoms with Crippen molar-refractivity contribution in [2.24, 2.45) is 5.92 Å². The van der Waals surface area contributed by atoms with E-state index in [1.54, 1.807) is 0 Å². The van der Waals surface area contributed by atoms with Crippen LogP contribution in [0.2, 0.25) is 5.02 Å². The molecule has 24 heavy (non-hydrogen) atoms. The number of nitrogens with one attached hydrogen (secondary N) is 2. The van der Waals surface area contributed by atoms with E-state index in [1.165, 1.54) is 24.3 Å². The average Bonchev–Trinajstić information content (AvgIpc) is 2.58. The van der Waals surface area contributed by atoms with Crippen LogP contribution in [0, 0.1) is 11.7 Å². The van der Waals surface area contributed by atoms with Crippen LogP contribution in [-0.2, 0) is 9.53 Å². The van der Waals surface area contributed by atoms with Crippen molar-refractivity contribution in [3.63, 3.8) is 0 Å². The van der Waals surface area contributed by atoms with Gasteiger partial charge in [0.1, 0.15) is 5.82 Å². The minimum Gasteiger partial charge on any atom is -0.448 e. The van der Waals surface area contributed by atoms with Crippen LogP contribution in [0.4, 0.5) is 9.18 Å². The first-order valence-corrected chi connectivity index (χ1v) is 7.93. The van der Waals surface area contributed by atoms with Gasteiger partial charge in [-0.3, -0.25) is 10.2 Å². The number of hydrogen-bond donors (Lipinski definition) is 2. The van der Waals surface area contributed by atoms with E-state index in [4.69, 9.17) is 16.3 Å². The fourth-order valence-electron chi connectivity index (χ4n) is 2.19. The number of carbonyl (C=O) groups excluding carboxylic acids is 2. The second-order valence-electron chi connectivity index (χ2n) is 5.36. The molecule has 0 aliphatic heterocycles. The maximum absolute atomic E-state index is 12.9. The zero-order valence-corrected chi connectivity index (χ0v) is 13.7. The summed E-state index contributed by atoms with van der Waals surface area (Å²) in [6.45, 7) is 0.313. The van der Waals surface area contributed by atoms with Crippen LogP contribution in [0.1, 0.15) is 24.8 Å². The number of amides is 2. The van der Waals surface area contributed by atoms with E-state index in [-0.39, 0.29) is 5.02 Å². The molecule has 1 aliphatic rings. The van der Waals surface area contributed by atoms with Crippen LogP contribution >= 0.6 is 11.6 Å². The summed E-state index contributed by atoms with van der Waals surface area (Å²) in [7, 11) is 0. The van der Waals surface area contributed by atoms with Crippen molar-refractivity contribution in [1.29, 1.82) is 0 Å². The quantitative estimate of drug-likeness (QED) is 0.494. The third kappa shape index (κ3) is 6.04. The smallest absolute Gasteiger partial charge is 0.426 e. The van der Waals surface area contributed by atoms with Crippen LogP contribution < -0.4 is 10.9 Å². The normalized spacial score (nSPS) is 16.8. The SMILES string of the molecule is O=C(/C=C/c1ccc(F)cc1Cl)NNC(=O)OCC1CC=CCC1. The molecule has 0 aromatic heterocycles. The molecule has 0 saturated carbocycles. The van der Waals surface area contributed by atoms with Gasteiger partial charge >= 0.3 is 6.09 Å². The summed E-state index contributed by atoms with van der Waals surface area (Å²) in [5, 5.41) is 0.188. The van der Waals surface area contributed by atoms with Gasteiger partial charge in [-0.15, -0.1) is 0 Å². The van der Waals surface area contributed by atoms with Gasteiger partial charge < -0.3 is 4.74 Å². The highest BCUT2D eigenvalue weighted by Crippen LogP contribution is 2.19. The molecule has 1 aromatic rings. The Bertz CT molecular complexity index is 661. The second-order valence-corrected chi connectivity index (χ2v) is 5.77. The van der Waals surface area contributed by atoms with Gasteiger partial charge in [0, 0.05) is 6.08 Å². The molecule has 128 valence electrons. The monoisotopic (exact) mass is 352 g/mol. The molecule has 2 amide bonds. The molecule has 0 bridgehead atoms. The Hall–Kier alpha value is -2.34. The summed E-state index contributed by atoms with van der Waals surface area (Å²) in [6.07, 6.45) is 8.91. The number of hydrogen-bond acceptors (Lipinski definition) is 3. The molecular weight excluding hydrogens is 335 g/mol. The Morgan fingerprint density at radius 1 is 1.33 bits per heavy atom. The van der Waals surface area contributed by atoms with Crippen LogP contribution in [0.3, 0.4) is 0 Å². The molecule has 0 saturated heterocycles. The van der Waals surface area contributed by atoms with Crippen LogP contribution in [0.25, 0.3) is 6.08 Å². The van der Waals surface area contributed by atoms with Gasteiger partial charge in [-0.05, 0) is 49.0 Å². The number of carbonyl (C=O) groups is 2. The predicted molar refractivity (Wildman–Crippen MR) is 89.6 cm³/mol. The molecule has 0 radical (unpaired) electrons. The van der Waals surface area contributed by atoms with Crippen molar-refractivity contribution in [3.05, 3.63) is 52.8 Å². The van der Waals surface area contributed by atoms with E-state index in [0.29, 0.717) is 18.1 Å². The highest BCUT2D eigenvalue weighted by atomic mass is 35.5. The Labute approximate surface area is 144 Å². The fourth-order valence-corrected chi connectivity index (χ4v) is 2.42. The van der Waals surface area contributed by atoms with Gasteiger partial charge in [0.2, 0.25) is 0 Å². The molecule has 0 fully saturated rings. The summed E-state index contributed by atoms with van der Waals surface area (Å²) in [5.74, 6) is -0.704. The summed E-state index contributed by atoms with van der Waals surface area (Å²) in [6, 6.07) is 3.83. The summed E-state index contributed by atoms with van der Waals surface area (Å²) < 4.78 is 18.0. The number of allylic oxidation sites excluding steroid dienone is 2. The lowest BCUT2D eigenvalue weighted by Crippen LogP contribution is -2.41. The lowest BCUT2D eigenvalue weighted by molar-refractivity contribution is -0.117. The van der Waals surface area contributed by atoms with E-state index in [9.17, 15) is 14.0 Å². The van der Waals surface area contributed by atoms with Crippen LogP contribution in [0.15, 0.2) is 36.4 Å². The maximum atomic E-state index is 12.9. The van der Waals surface area contributed by atoms with E-state index < -0.39 is 17.8 Å². The lowest BCUT2D eigenvalue weighted by atomic mass is 9.95. The van der Waals surface area contributed by atoms with E-state index in [1.807, 2.05) is 0 Å². The van der Waals surface area contributed by atoms with E-state index >= 15 is 0 Å². The van der Waals surface area contributed by atoms with Gasteiger partial charge in [0.25, 0.3) is 5.91 Å². The Morgan fingerprint density at radius 3 is 2.88 bits per heavy atom. The summed E-state index contributed by atoms with van der Waals surface area (Å²) >= 11 is 5.84. The molecule has 2 N–H and O–H groups in total. The minimum atomic E-state index is -0.717.